The van der Waals surface area contributed by atoms with Gasteiger partial charge in [-0.05, 0) is 35.0 Å². The molecule has 4 aromatic rings. The van der Waals surface area contributed by atoms with Crippen molar-refractivity contribution < 1.29 is 14.1 Å². The van der Waals surface area contributed by atoms with Gasteiger partial charge in [-0.1, -0.05) is 11.2 Å². The van der Waals surface area contributed by atoms with Crippen LogP contribution in [0.2, 0.25) is 0 Å². The molecule has 0 bridgehead atoms. The third kappa shape index (κ3) is 2.89. The number of carbonyl (C=O) groups excluding carboxylic acids is 1. The topological polar surface area (TPSA) is 70.2 Å². The van der Waals surface area contributed by atoms with Crippen molar-refractivity contribution >= 4 is 28.6 Å². The number of nitrogens with zero attached hydrogens (tertiary/aromatic N) is 3. The fourth-order valence-corrected chi connectivity index (χ4v) is 3.60. The van der Waals surface area contributed by atoms with E-state index in [1.54, 1.807) is 0 Å². The van der Waals surface area contributed by atoms with Crippen molar-refractivity contribution in [3.05, 3.63) is 64.3 Å². The largest absolute Gasteiger partial charge is 0.451 e. The van der Waals surface area contributed by atoms with Crippen molar-refractivity contribution in [3.63, 3.8) is 0 Å². The molecule has 24 heavy (non-hydrogen) atoms. The molecule has 0 N–H and O–H groups in total. The van der Waals surface area contributed by atoms with E-state index in [2.05, 4.69) is 10.1 Å². The number of hydrogen-bond donors (Lipinski definition) is 0. The van der Waals surface area contributed by atoms with Crippen molar-refractivity contribution in [3.8, 4) is 16.4 Å². The van der Waals surface area contributed by atoms with Gasteiger partial charge in [0.1, 0.15) is 4.88 Å². The van der Waals surface area contributed by atoms with Crippen LogP contribution in [0.15, 0.2) is 58.0 Å². The van der Waals surface area contributed by atoms with Gasteiger partial charge in [-0.3, -0.25) is 0 Å². The highest BCUT2D eigenvalue weighted by atomic mass is 32.1. The molecule has 8 heteroatoms. The van der Waals surface area contributed by atoms with Crippen LogP contribution in [0.1, 0.15) is 15.6 Å². The number of rotatable bonds is 5. The molecule has 0 saturated carbocycles. The lowest BCUT2D eigenvalue weighted by Crippen LogP contribution is -2.06. The van der Waals surface area contributed by atoms with E-state index in [0.717, 1.165) is 10.6 Å². The van der Waals surface area contributed by atoms with Gasteiger partial charge in [0.05, 0.1) is 10.6 Å². The molecule has 0 spiro atoms. The summed E-state index contributed by atoms with van der Waals surface area (Å²) < 4.78 is 12.3. The number of ether oxygens (including phenoxy) is 1. The molecular weight excluding hydrogens is 346 g/mol. The third-order valence-electron chi connectivity index (χ3n) is 3.25. The lowest BCUT2D eigenvalue weighted by Gasteiger charge is -2.04. The predicted octanol–water partition coefficient (Wildman–Crippen LogP) is 4.01. The van der Waals surface area contributed by atoms with Gasteiger partial charge in [-0.25, -0.2) is 4.79 Å². The van der Waals surface area contributed by atoms with Gasteiger partial charge < -0.3 is 13.8 Å². The fourth-order valence-electron chi connectivity index (χ4n) is 2.17. The van der Waals surface area contributed by atoms with Crippen molar-refractivity contribution in [2.75, 3.05) is 0 Å². The minimum Gasteiger partial charge on any atom is -0.451 e. The van der Waals surface area contributed by atoms with Crippen molar-refractivity contribution in [2.45, 2.75) is 6.61 Å². The zero-order valence-electron chi connectivity index (χ0n) is 12.3. The maximum absolute atomic E-state index is 12.3. The molecule has 0 aliphatic rings. The molecule has 120 valence electrons. The molecule has 0 unspecified atom stereocenters. The Morgan fingerprint density at radius 2 is 2.04 bits per heavy atom. The van der Waals surface area contributed by atoms with Gasteiger partial charge >= 0.3 is 5.97 Å². The Morgan fingerprint density at radius 1 is 1.17 bits per heavy atom. The number of hydrogen-bond acceptors (Lipinski definition) is 7. The highest BCUT2D eigenvalue weighted by Crippen LogP contribution is 2.24. The summed E-state index contributed by atoms with van der Waals surface area (Å²) in [4.78, 5) is 18.0. The second-order valence-corrected chi connectivity index (χ2v) is 6.65. The molecule has 0 fully saturated rings. The molecule has 4 aromatic heterocycles. The normalized spacial score (nSPS) is 10.8. The summed E-state index contributed by atoms with van der Waals surface area (Å²) in [7, 11) is 0. The zero-order chi connectivity index (χ0) is 16.4. The average Bonchev–Trinajstić information content (AvgIpc) is 3.40. The SMILES string of the molecule is O=C(OCc1nc(-c2cccs2)no1)c1sccc1-n1cccc1. The predicted molar refractivity (Wildman–Crippen MR) is 90.4 cm³/mol. The van der Waals surface area contributed by atoms with Crippen LogP contribution in [0, 0.1) is 0 Å². The quantitative estimate of drug-likeness (QED) is 0.505. The lowest BCUT2D eigenvalue weighted by molar-refractivity contribution is 0.0435. The van der Waals surface area contributed by atoms with Crippen LogP contribution in [0.25, 0.3) is 16.4 Å². The smallest absolute Gasteiger partial charge is 0.350 e. The van der Waals surface area contributed by atoms with Crippen LogP contribution in [-0.4, -0.2) is 20.7 Å². The first-order chi connectivity index (χ1) is 11.8. The average molecular weight is 357 g/mol. The first kappa shape index (κ1) is 14.9. The van der Waals surface area contributed by atoms with E-state index in [1.807, 2.05) is 58.1 Å². The van der Waals surface area contributed by atoms with E-state index >= 15 is 0 Å². The summed E-state index contributed by atoms with van der Waals surface area (Å²) in [6.07, 6.45) is 3.76. The number of esters is 1. The number of carbonyl (C=O) groups is 1. The van der Waals surface area contributed by atoms with Gasteiger partial charge in [-0.2, -0.15) is 4.98 Å². The first-order valence-corrected chi connectivity index (χ1v) is 8.81. The van der Waals surface area contributed by atoms with Crippen LogP contribution < -0.4 is 0 Å². The molecule has 0 radical (unpaired) electrons. The lowest BCUT2D eigenvalue weighted by atomic mass is 10.4. The molecule has 4 rings (SSSR count). The van der Waals surface area contributed by atoms with E-state index < -0.39 is 5.97 Å². The summed E-state index contributed by atoms with van der Waals surface area (Å²) in [5, 5.41) is 7.68. The minimum atomic E-state index is -0.412. The fraction of sp³-hybridized carbons (Fsp3) is 0.0625. The summed E-state index contributed by atoms with van der Waals surface area (Å²) in [5.74, 6) is 0.357. The van der Waals surface area contributed by atoms with Crippen LogP contribution in [-0.2, 0) is 11.3 Å². The van der Waals surface area contributed by atoms with Crippen molar-refractivity contribution in [2.24, 2.45) is 0 Å². The molecule has 4 heterocycles. The molecule has 0 aliphatic heterocycles. The van der Waals surface area contributed by atoms with Gasteiger partial charge in [-0.15, -0.1) is 22.7 Å². The van der Waals surface area contributed by atoms with E-state index in [4.69, 9.17) is 9.26 Å². The Balaban J connectivity index is 1.45. The summed E-state index contributed by atoms with van der Waals surface area (Å²) in [5.41, 5.74) is 0.791. The molecule has 0 saturated heterocycles. The Morgan fingerprint density at radius 3 is 2.83 bits per heavy atom. The molecule has 0 aliphatic carbocycles. The van der Waals surface area contributed by atoms with Gasteiger partial charge in [0.2, 0.25) is 5.82 Å². The van der Waals surface area contributed by atoms with Crippen LogP contribution in [0.5, 0.6) is 0 Å². The highest BCUT2D eigenvalue weighted by Gasteiger charge is 2.17. The highest BCUT2D eigenvalue weighted by molar-refractivity contribution is 7.13. The monoisotopic (exact) mass is 357 g/mol. The Kier molecular flexibility index (Phi) is 3.97. The summed E-state index contributed by atoms with van der Waals surface area (Å²) in [6, 6.07) is 9.49. The van der Waals surface area contributed by atoms with Crippen LogP contribution >= 0.6 is 22.7 Å². The Hall–Kier alpha value is -2.71. The maximum Gasteiger partial charge on any atom is 0.350 e. The molecule has 0 aromatic carbocycles. The second-order valence-electron chi connectivity index (χ2n) is 4.79. The standard InChI is InChI=1S/C16H11N3O3S2/c20-16(14-11(5-9-24-14)19-6-1-2-7-19)21-10-13-17-15(18-22-13)12-4-3-8-23-12/h1-9H,10H2. The van der Waals surface area contributed by atoms with Gasteiger partial charge in [0.25, 0.3) is 5.89 Å². The van der Waals surface area contributed by atoms with Crippen molar-refractivity contribution in [1.82, 2.24) is 14.7 Å². The van der Waals surface area contributed by atoms with Gasteiger partial charge in [0.15, 0.2) is 6.61 Å². The maximum atomic E-state index is 12.3. The number of aromatic nitrogens is 3. The molecule has 6 nitrogen and oxygen atoms in total. The minimum absolute atomic E-state index is 0.0553. The second kappa shape index (κ2) is 6.42. The third-order valence-corrected chi connectivity index (χ3v) is 5.00. The van der Waals surface area contributed by atoms with E-state index in [0.29, 0.717) is 10.7 Å². The first-order valence-electron chi connectivity index (χ1n) is 7.06. The Labute approximate surface area is 144 Å². The van der Waals surface area contributed by atoms with E-state index in [9.17, 15) is 4.79 Å². The van der Waals surface area contributed by atoms with Gasteiger partial charge in [0, 0.05) is 12.4 Å². The number of thiophene rings is 2. The van der Waals surface area contributed by atoms with Crippen LogP contribution in [0.3, 0.4) is 0 Å². The molecule has 0 atom stereocenters. The zero-order valence-corrected chi connectivity index (χ0v) is 13.9. The van der Waals surface area contributed by atoms with Crippen LogP contribution in [0.4, 0.5) is 0 Å². The van der Waals surface area contributed by atoms with E-state index in [-0.39, 0.29) is 12.5 Å². The molecule has 0 amide bonds. The summed E-state index contributed by atoms with van der Waals surface area (Å²) in [6.45, 7) is -0.0553. The summed E-state index contributed by atoms with van der Waals surface area (Å²) >= 11 is 2.85. The van der Waals surface area contributed by atoms with Crippen molar-refractivity contribution in [1.29, 1.82) is 0 Å². The molecular formula is C16H11N3O3S2. The Bertz CT molecular complexity index is 939. The van der Waals surface area contributed by atoms with E-state index in [1.165, 1.54) is 22.7 Å².